The Morgan fingerprint density at radius 2 is 1.89 bits per heavy atom. The molecule has 0 bridgehead atoms. The van der Waals surface area contributed by atoms with Crippen LogP contribution in [0.2, 0.25) is 0 Å². The lowest BCUT2D eigenvalue weighted by molar-refractivity contribution is 0.282. The maximum absolute atomic E-state index is 15.1. The van der Waals surface area contributed by atoms with E-state index < -0.39 is 11.4 Å². The van der Waals surface area contributed by atoms with Crippen LogP contribution in [-0.4, -0.2) is 24.6 Å². The van der Waals surface area contributed by atoms with E-state index in [2.05, 4.69) is 15.0 Å². The molecule has 0 spiro atoms. The fourth-order valence-corrected chi connectivity index (χ4v) is 5.25. The third kappa shape index (κ3) is 3.32. The Kier molecular flexibility index (Phi) is 4.56. The number of aromatic amines is 1. The fraction of sp³-hybridized carbons (Fsp3) is 0.250. The molecule has 3 heterocycles. The Bertz CT molecular complexity index is 1750. The van der Waals surface area contributed by atoms with Crippen LogP contribution in [-0.2, 0) is 6.61 Å². The zero-order valence-electron chi connectivity index (χ0n) is 19.5. The van der Waals surface area contributed by atoms with Gasteiger partial charge >= 0.3 is 0 Å². The van der Waals surface area contributed by atoms with Gasteiger partial charge in [-0.05, 0) is 72.7 Å². The standard InChI is InChI=1S/C28H24FN5O2/c29-21-11-17(14-4-5-14)10-16-8-9-34(27(36)24(16)21)23-3-1-2-18(20(23)13-35)25-19-12-22(15-6-7-15)31-26(19)33-28(30)32-25/h1-3,8-12,14-15,35H,4-7,13H2,(H3,30,31,32,33). The number of nitrogens with zero attached hydrogens (tertiary/aromatic N) is 3. The lowest BCUT2D eigenvalue weighted by Crippen LogP contribution is -2.20. The van der Waals surface area contributed by atoms with E-state index in [1.54, 1.807) is 24.4 Å². The van der Waals surface area contributed by atoms with E-state index in [-0.39, 0.29) is 17.9 Å². The van der Waals surface area contributed by atoms with Crippen LogP contribution in [0.3, 0.4) is 0 Å². The highest BCUT2D eigenvalue weighted by Gasteiger charge is 2.27. The van der Waals surface area contributed by atoms with Gasteiger partial charge in [0.05, 0.1) is 23.4 Å². The monoisotopic (exact) mass is 481 g/mol. The topological polar surface area (TPSA) is 110 Å². The van der Waals surface area contributed by atoms with Crippen LogP contribution >= 0.6 is 0 Å². The van der Waals surface area contributed by atoms with Crippen molar-refractivity contribution in [1.29, 1.82) is 0 Å². The van der Waals surface area contributed by atoms with Crippen molar-refractivity contribution in [2.75, 3.05) is 5.73 Å². The molecule has 7 nitrogen and oxygen atoms in total. The van der Waals surface area contributed by atoms with Gasteiger partial charge in [-0.2, -0.15) is 4.98 Å². The van der Waals surface area contributed by atoms with E-state index in [1.807, 2.05) is 18.2 Å². The van der Waals surface area contributed by atoms with Crippen LogP contribution in [0.15, 0.2) is 53.5 Å². The average Bonchev–Trinajstić information content (AvgIpc) is 3.80. The molecule has 0 saturated heterocycles. The Hall–Kier alpha value is -4.04. The summed E-state index contributed by atoms with van der Waals surface area (Å²) in [5, 5.41) is 11.9. The van der Waals surface area contributed by atoms with Crippen molar-refractivity contribution < 1.29 is 9.50 Å². The number of anilines is 1. The molecule has 5 aromatic rings. The van der Waals surface area contributed by atoms with E-state index in [0.29, 0.717) is 45.4 Å². The minimum atomic E-state index is -0.513. The second-order valence-electron chi connectivity index (χ2n) is 9.89. The number of H-pyrrole nitrogens is 1. The Labute approximate surface area is 205 Å². The molecule has 2 saturated carbocycles. The normalized spacial score (nSPS) is 15.7. The summed E-state index contributed by atoms with van der Waals surface area (Å²) in [5.41, 5.74) is 10.5. The van der Waals surface area contributed by atoms with E-state index in [4.69, 9.17) is 5.73 Å². The zero-order valence-corrected chi connectivity index (χ0v) is 19.5. The number of benzene rings is 2. The van der Waals surface area contributed by atoms with Crippen LogP contribution in [0, 0.1) is 5.82 Å². The summed E-state index contributed by atoms with van der Waals surface area (Å²) in [4.78, 5) is 25.7. The van der Waals surface area contributed by atoms with Crippen molar-refractivity contribution in [3.63, 3.8) is 0 Å². The zero-order chi connectivity index (χ0) is 24.6. The van der Waals surface area contributed by atoms with Crippen molar-refractivity contribution in [2.24, 2.45) is 0 Å². The summed E-state index contributed by atoms with van der Waals surface area (Å²) in [6, 6.07) is 12.6. The molecule has 0 amide bonds. The fourth-order valence-electron chi connectivity index (χ4n) is 5.25. The molecule has 0 atom stereocenters. The predicted octanol–water partition coefficient (Wildman–Crippen LogP) is 4.90. The number of fused-ring (bicyclic) bond motifs is 2. The maximum Gasteiger partial charge on any atom is 0.265 e. The number of nitrogens with two attached hydrogens (primary N) is 1. The number of pyridine rings is 1. The molecule has 3 aromatic heterocycles. The van der Waals surface area contributed by atoms with Crippen molar-refractivity contribution in [3.05, 3.63) is 81.7 Å². The van der Waals surface area contributed by atoms with Gasteiger partial charge in [0.25, 0.3) is 5.56 Å². The second-order valence-corrected chi connectivity index (χ2v) is 9.89. The van der Waals surface area contributed by atoms with E-state index in [0.717, 1.165) is 42.3 Å². The minimum absolute atomic E-state index is 0.0459. The molecule has 0 aliphatic heterocycles. The molecule has 2 aliphatic carbocycles. The van der Waals surface area contributed by atoms with E-state index >= 15 is 4.39 Å². The molecule has 2 aromatic carbocycles. The summed E-state index contributed by atoms with van der Waals surface area (Å²) in [6.45, 7) is -0.343. The molecule has 2 aliphatic rings. The number of aromatic nitrogens is 4. The molecule has 2 fully saturated rings. The van der Waals surface area contributed by atoms with Gasteiger partial charge in [0.1, 0.15) is 11.5 Å². The molecule has 4 N–H and O–H groups in total. The summed E-state index contributed by atoms with van der Waals surface area (Å²) < 4.78 is 16.5. The van der Waals surface area contributed by atoms with Crippen molar-refractivity contribution >= 4 is 27.8 Å². The van der Waals surface area contributed by atoms with Crippen LogP contribution < -0.4 is 11.3 Å². The SMILES string of the molecule is Nc1nc(-c2cccc(-n3ccc4cc(C5CC5)cc(F)c4c3=O)c2CO)c2cc(C3CC3)[nH]c2n1. The average molecular weight is 482 g/mol. The number of halogens is 1. The summed E-state index contributed by atoms with van der Waals surface area (Å²) >= 11 is 0. The molecule has 180 valence electrons. The summed E-state index contributed by atoms with van der Waals surface area (Å²) in [7, 11) is 0. The number of nitrogens with one attached hydrogen (secondary N) is 1. The second kappa shape index (κ2) is 7.73. The number of nitrogen functional groups attached to an aromatic ring is 1. The van der Waals surface area contributed by atoms with Crippen LogP contribution in [0.25, 0.3) is 38.8 Å². The van der Waals surface area contributed by atoms with Crippen LogP contribution in [0.5, 0.6) is 0 Å². The highest BCUT2D eigenvalue weighted by Crippen LogP contribution is 2.43. The Morgan fingerprint density at radius 1 is 1.08 bits per heavy atom. The molecule has 0 unspecified atom stereocenters. The summed E-state index contributed by atoms with van der Waals surface area (Å²) in [5.74, 6) is 0.478. The number of aliphatic hydroxyl groups excluding tert-OH is 1. The van der Waals surface area contributed by atoms with Crippen LogP contribution in [0.4, 0.5) is 10.3 Å². The molecule has 36 heavy (non-hydrogen) atoms. The molecular formula is C28H24FN5O2. The van der Waals surface area contributed by atoms with Gasteiger partial charge in [0.2, 0.25) is 5.95 Å². The van der Waals surface area contributed by atoms with Gasteiger partial charge in [-0.15, -0.1) is 0 Å². The number of rotatable bonds is 5. The maximum atomic E-state index is 15.1. The minimum Gasteiger partial charge on any atom is -0.392 e. The predicted molar refractivity (Wildman–Crippen MR) is 137 cm³/mol. The number of hydrogen-bond donors (Lipinski definition) is 3. The highest BCUT2D eigenvalue weighted by atomic mass is 19.1. The van der Waals surface area contributed by atoms with Crippen molar-refractivity contribution in [3.8, 4) is 16.9 Å². The smallest absolute Gasteiger partial charge is 0.265 e. The lowest BCUT2D eigenvalue weighted by Gasteiger charge is -2.16. The molecular weight excluding hydrogens is 457 g/mol. The Morgan fingerprint density at radius 3 is 2.64 bits per heavy atom. The molecule has 8 heteroatoms. The van der Waals surface area contributed by atoms with Gasteiger partial charge < -0.3 is 15.8 Å². The van der Waals surface area contributed by atoms with E-state index in [9.17, 15) is 9.90 Å². The third-order valence-corrected chi connectivity index (χ3v) is 7.39. The van der Waals surface area contributed by atoms with Crippen molar-refractivity contribution in [1.82, 2.24) is 19.5 Å². The lowest BCUT2D eigenvalue weighted by atomic mass is 10.00. The first-order chi connectivity index (χ1) is 17.5. The highest BCUT2D eigenvalue weighted by molar-refractivity contribution is 5.94. The van der Waals surface area contributed by atoms with Gasteiger partial charge in [-0.3, -0.25) is 9.36 Å². The first-order valence-electron chi connectivity index (χ1n) is 12.3. The van der Waals surface area contributed by atoms with E-state index in [1.165, 1.54) is 10.6 Å². The summed E-state index contributed by atoms with van der Waals surface area (Å²) in [6.07, 6.45) is 6.01. The van der Waals surface area contributed by atoms with Gasteiger partial charge in [0, 0.05) is 28.4 Å². The first kappa shape index (κ1) is 21.3. The third-order valence-electron chi connectivity index (χ3n) is 7.39. The number of hydrogen-bond acceptors (Lipinski definition) is 5. The van der Waals surface area contributed by atoms with Crippen molar-refractivity contribution in [2.45, 2.75) is 44.1 Å². The van der Waals surface area contributed by atoms with Gasteiger partial charge in [0.15, 0.2) is 0 Å². The molecule has 7 rings (SSSR count). The first-order valence-corrected chi connectivity index (χ1v) is 12.3. The largest absolute Gasteiger partial charge is 0.392 e. The molecule has 0 radical (unpaired) electrons. The number of aliphatic hydroxyl groups is 1. The quantitative estimate of drug-likeness (QED) is 0.331. The van der Waals surface area contributed by atoms with Gasteiger partial charge in [-0.25, -0.2) is 9.37 Å². The Balaban J connectivity index is 1.43. The van der Waals surface area contributed by atoms with Gasteiger partial charge in [-0.1, -0.05) is 18.2 Å². The van der Waals surface area contributed by atoms with Crippen LogP contribution in [0.1, 0.15) is 54.3 Å².